The van der Waals surface area contributed by atoms with Crippen molar-refractivity contribution in [1.82, 2.24) is 5.32 Å². The molecule has 104 valence electrons. The SMILES string of the molecule is COc1ccc(CNCC(C2CC2)C2CC2)cc1F. The fourth-order valence-corrected chi connectivity index (χ4v) is 2.97. The van der Waals surface area contributed by atoms with Gasteiger partial charge in [-0.25, -0.2) is 4.39 Å². The second-order valence-corrected chi connectivity index (χ2v) is 5.94. The number of benzene rings is 1. The van der Waals surface area contributed by atoms with Gasteiger partial charge >= 0.3 is 0 Å². The second-order valence-electron chi connectivity index (χ2n) is 5.94. The molecule has 0 atom stereocenters. The zero-order chi connectivity index (χ0) is 13.2. The monoisotopic (exact) mass is 263 g/mol. The van der Waals surface area contributed by atoms with E-state index in [4.69, 9.17) is 4.74 Å². The predicted octanol–water partition coefficient (Wildman–Crippen LogP) is 3.36. The number of rotatable bonds is 7. The van der Waals surface area contributed by atoms with Crippen LogP contribution in [-0.2, 0) is 6.54 Å². The van der Waals surface area contributed by atoms with Crippen LogP contribution < -0.4 is 10.1 Å². The summed E-state index contributed by atoms with van der Waals surface area (Å²) in [6.45, 7) is 1.83. The average molecular weight is 263 g/mol. The van der Waals surface area contributed by atoms with Crippen molar-refractivity contribution in [3.63, 3.8) is 0 Å². The van der Waals surface area contributed by atoms with Crippen LogP contribution in [0, 0.1) is 23.6 Å². The van der Waals surface area contributed by atoms with E-state index in [2.05, 4.69) is 5.32 Å². The van der Waals surface area contributed by atoms with E-state index >= 15 is 0 Å². The molecule has 0 aromatic heterocycles. The van der Waals surface area contributed by atoms with Crippen molar-refractivity contribution in [2.75, 3.05) is 13.7 Å². The number of methoxy groups -OCH3 is 1. The summed E-state index contributed by atoms with van der Waals surface area (Å²) in [4.78, 5) is 0. The van der Waals surface area contributed by atoms with Crippen LogP contribution >= 0.6 is 0 Å². The van der Waals surface area contributed by atoms with E-state index in [0.717, 1.165) is 36.4 Å². The van der Waals surface area contributed by atoms with Gasteiger partial charge in [-0.3, -0.25) is 0 Å². The van der Waals surface area contributed by atoms with Crippen LogP contribution in [-0.4, -0.2) is 13.7 Å². The highest BCUT2D eigenvalue weighted by Gasteiger charge is 2.40. The summed E-state index contributed by atoms with van der Waals surface area (Å²) in [5.74, 6) is 2.84. The fourth-order valence-electron chi connectivity index (χ4n) is 2.97. The number of ether oxygens (including phenoxy) is 1. The Morgan fingerprint density at radius 1 is 1.26 bits per heavy atom. The van der Waals surface area contributed by atoms with Crippen LogP contribution in [0.15, 0.2) is 18.2 Å². The minimum atomic E-state index is -0.275. The van der Waals surface area contributed by atoms with Crippen LogP contribution in [0.2, 0.25) is 0 Å². The summed E-state index contributed by atoms with van der Waals surface area (Å²) in [7, 11) is 1.49. The Kier molecular flexibility index (Phi) is 3.74. The summed E-state index contributed by atoms with van der Waals surface area (Å²) in [6.07, 6.45) is 5.67. The van der Waals surface area contributed by atoms with Crippen molar-refractivity contribution >= 4 is 0 Å². The molecule has 0 unspecified atom stereocenters. The minimum Gasteiger partial charge on any atom is -0.494 e. The molecule has 3 rings (SSSR count). The van der Waals surface area contributed by atoms with Gasteiger partial charge in [0.1, 0.15) is 0 Å². The van der Waals surface area contributed by atoms with Crippen molar-refractivity contribution in [3.05, 3.63) is 29.6 Å². The molecule has 0 aliphatic heterocycles. The molecule has 2 saturated carbocycles. The maximum atomic E-state index is 13.6. The Labute approximate surface area is 114 Å². The molecule has 2 aliphatic carbocycles. The first-order valence-electron chi connectivity index (χ1n) is 7.31. The first-order valence-corrected chi connectivity index (χ1v) is 7.31. The van der Waals surface area contributed by atoms with E-state index in [1.165, 1.54) is 32.8 Å². The fraction of sp³-hybridized carbons (Fsp3) is 0.625. The van der Waals surface area contributed by atoms with Crippen molar-refractivity contribution in [3.8, 4) is 5.75 Å². The molecular formula is C16H22FNO. The third kappa shape index (κ3) is 3.27. The quantitative estimate of drug-likeness (QED) is 0.814. The standard InChI is InChI=1S/C16H22FNO/c1-19-16-7-2-11(8-15(16)17)9-18-10-14(12-3-4-12)13-5-6-13/h2,7-8,12-14,18H,3-6,9-10H2,1H3. The van der Waals surface area contributed by atoms with Gasteiger partial charge in [-0.2, -0.15) is 0 Å². The molecule has 19 heavy (non-hydrogen) atoms. The molecule has 1 aromatic carbocycles. The summed E-state index contributed by atoms with van der Waals surface area (Å²) in [5.41, 5.74) is 0.989. The molecule has 0 saturated heterocycles. The van der Waals surface area contributed by atoms with Gasteiger partial charge in [0.2, 0.25) is 0 Å². The van der Waals surface area contributed by atoms with E-state index in [0.29, 0.717) is 5.75 Å². The Balaban J connectivity index is 1.49. The van der Waals surface area contributed by atoms with Gasteiger partial charge in [0.15, 0.2) is 11.6 Å². The zero-order valence-corrected chi connectivity index (χ0v) is 11.5. The van der Waals surface area contributed by atoms with Crippen molar-refractivity contribution in [1.29, 1.82) is 0 Å². The van der Waals surface area contributed by atoms with Crippen molar-refractivity contribution in [2.45, 2.75) is 32.2 Å². The first-order chi connectivity index (χ1) is 9.28. The molecule has 0 spiro atoms. The highest BCUT2D eigenvalue weighted by molar-refractivity contribution is 5.29. The minimum absolute atomic E-state index is 0.275. The third-order valence-electron chi connectivity index (χ3n) is 4.38. The summed E-state index contributed by atoms with van der Waals surface area (Å²) in [5, 5.41) is 3.50. The molecule has 3 heteroatoms. The van der Waals surface area contributed by atoms with Crippen LogP contribution in [0.25, 0.3) is 0 Å². The van der Waals surface area contributed by atoms with Gasteiger partial charge in [0.25, 0.3) is 0 Å². The van der Waals surface area contributed by atoms with Crippen LogP contribution in [0.4, 0.5) is 4.39 Å². The van der Waals surface area contributed by atoms with Crippen molar-refractivity contribution < 1.29 is 9.13 Å². The lowest BCUT2D eigenvalue weighted by molar-refractivity contribution is 0.376. The lowest BCUT2D eigenvalue weighted by Gasteiger charge is -2.16. The maximum absolute atomic E-state index is 13.6. The first kappa shape index (κ1) is 12.9. The van der Waals surface area contributed by atoms with Gasteiger partial charge in [0, 0.05) is 6.54 Å². The van der Waals surface area contributed by atoms with Gasteiger partial charge in [-0.1, -0.05) is 6.07 Å². The highest BCUT2D eigenvalue weighted by Crippen LogP contribution is 2.48. The Morgan fingerprint density at radius 3 is 2.47 bits per heavy atom. The maximum Gasteiger partial charge on any atom is 0.165 e. The van der Waals surface area contributed by atoms with Crippen molar-refractivity contribution in [2.24, 2.45) is 17.8 Å². The van der Waals surface area contributed by atoms with Crippen LogP contribution in [0.1, 0.15) is 31.2 Å². The molecule has 1 aromatic rings. The topological polar surface area (TPSA) is 21.3 Å². The predicted molar refractivity (Wildman–Crippen MR) is 73.6 cm³/mol. The van der Waals surface area contributed by atoms with Gasteiger partial charge in [-0.15, -0.1) is 0 Å². The normalized spacial score (nSPS) is 18.9. The lowest BCUT2D eigenvalue weighted by atomic mass is 9.98. The molecule has 2 aliphatic rings. The average Bonchev–Trinajstić information content (AvgIpc) is 3.28. The number of hydrogen-bond donors (Lipinski definition) is 1. The van der Waals surface area contributed by atoms with E-state index in [1.54, 1.807) is 12.1 Å². The van der Waals surface area contributed by atoms with Gasteiger partial charge in [-0.05, 0) is 67.7 Å². The van der Waals surface area contributed by atoms with E-state index in [9.17, 15) is 4.39 Å². The van der Waals surface area contributed by atoms with E-state index < -0.39 is 0 Å². The molecular weight excluding hydrogens is 241 g/mol. The molecule has 1 N–H and O–H groups in total. The summed E-state index contributed by atoms with van der Waals surface area (Å²) < 4.78 is 18.5. The molecule has 2 fully saturated rings. The third-order valence-corrected chi connectivity index (χ3v) is 4.38. The summed E-state index contributed by atoms with van der Waals surface area (Å²) >= 11 is 0. The molecule has 0 radical (unpaired) electrons. The van der Waals surface area contributed by atoms with Gasteiger partial charge in [0.05, 0.1) is 7.11 Å². The Hall–Kier alpha value is -1.09. The zero-order valence-electron chi connectivity index (χ0n) is 11.5. The number of hydrogen-bond acceptors (Lipinski definition) is 2. The van der Waals surface area contributed by atoms with E-state index in [-0.39, 0.29) is 5.82 Å². The van der Waals surface area contributed by atoms with E-state index in [1.807, 2.05) is 6.07 Å². The number of nitrogens with one attached hydrogen (secondary N) is 1. The highest BCUT2D eigenvalue weighted by atomic mass is 19.1. The number of halogens is 1. The molecule has 0 bridgehead atoms. The van der Waals surface area contributed by atoms with Gasteiger partial charge < -0.3 is 10.1 Å². The van der Waals surface area contributed by atoms with Crippen LogP contribution in [0.5, 0.6) is 5.75 Å². The molecule has 2 nitrogen and oxygen atoms in total. The van der Waals surface area contributed by atoms with Crippen LogP contribution in [0.3, 0.4) is 0 Å². The summed E-state index contributed by atoms with van der Waals surface area (Å²) in [6, 6.07) is 5.19. The molecule has 0 amide bonds. The second kappa shape index (κ2) is 5.49. The largest absolute Gasteiger partial charge is 0.494 e. The lowest BCUT2D eigenvalue weighted by Crippen LogP contribution is -2.25. The Morgan fingerprint density at radius 2 is 1.95 bits per heavy atom. The molecule has 0 heterocycles. The smallest absolute Gasteiger partial charge is 0.165 e. The Bertz CT molecular complexity index is 428.